The highest BCUT2D eigenvalue weighted by Gasteiger charge is 2.26. The van der Waals surface area contributed by atoms with E-state index < -0.39 is 0 Å². The Bertz CT molecular complexity index is 952. The lowest BCUT2D eigenvalue weighted by Crippen LogP contribution is -2.44. The molecule has 2 aromatic heterocycles. The van der Waals surface area contributed by atoms with Crippen molar-refractivity contribution in [3.8, 4) is 16.9 Å². The fourth-order valence-corrected chi connectivity index (χ4v) is 3.04. The van der Waals surface area contributed by atoms with Crippen molar-refractivity contribution in [2.45, 2.75) is 6.10 Å². The second-order valence-corrected chi connectivity index (χ2v) is 6.54. The fraction of sp³-hybridized carbons (Fsp3) is 0.238. The van der Waals surface area contributed by atoms with Crippen molar-refractivity contribution < 1.29 is 18.7 Å². The Morgan fingerprint density at radius 1 is 1.10 bits per heavy atom. The predicted octanol–water partition coefficient (Wildman–Crippen LogP) is 2.66. The number of aromatic nitrogens is 3. The van der Waals surface area contributed by atoms with Gasteiger partial charge in [-0.1, -0.05) is 6.07 Å². The van der Waals surface area contributed by atoms with Crippen LogP contribution in [0.3, 0.4) is 0 Å². The van der Waals surface area contributed by atoms with E-state index in [1.807, 2.05) is 12.1 Å². The molecule has 7 nitrogen and oxygen atoms in total. The Labute approximate surface area is 167 Å². The third-order valence-corrected chi connectivity index (χ3v) is 4.61. The molecule has 148 valence electrons. The molecule has 1 atom stereocenters. The average molecular weight is 394 g/mol. The van der Waals surface area contributed by atoms with Gasteiger partial charge in [-0.25, -0.2) is 14.4 Å². The number of carbonyl (C=O) groups excluding carboxylic acids is 1. The molecule has 0 aliphatic carbocycles. The lowest BCUT2D eigenvalue weighted by atomic mass is 10.1. The molecule has 3 aromatic rings. The van der Waals surface area contributed by atoms with Crippen molar-refractivity contribution in [3.63, 3.8) is 0 Å². The number of carbonyl (C=O) groups is 1. The summed E-state index contributed by atoms with van der Waals surface area (Å²) in [5, 5.41) is 0. The van der Waals surface area contributed by atoms with Crippen LogP contribution in [-0.2, 0) is 9.53 Å². The van der Waals surface area contributed by atoms with Crippen molar-refractivity contribution in [2.24, 2.45) is 0 Å². The van der Waals surface area contributed by atoms with Gasteiger partial charge in [-0.3, -0.25) is 9.78 Å². The van der Waals surface area contributed by atoms with E-state index in [9.17, 15) is 9.18 Å². The highest BCUT2D eigenvalue weighted by molar-refractivity contribution is 5.78. The Morgan fingerprint density at radius 2 is 1.90 bits per heavy atom. The smallest absolute Gasteiger partial charge is 0.260 e. The lowest BCUT2D eigenvalue weighted by Gasteiger charge is -2.32. The monoisotopic (exact) mass is 394 g/mol. The van der Waals surface area contributed by atoms with Gasteiger partial charge in [0.2, 0.25) is 0 Å². The number of rotatable bonds is 5. The molecule has 0 N–H and O–H groups in total. The molecular formula is C21H19FN4O3. The van der Waals surface area contributed by atoms with Gasteiger partial charge in [-0.15, -0.1) is 0 Å². The molecule has 3 heterocycles. The van der Waals surface area contributed by atoms with E-state index in [2.05, 4.69) is 15.0 Å². The highest BCUT2D eigenvalue weighted by Crippen LogP contribution is 2.23. The maximum Gasteiger partial charge on any atom is 0.260 e. The average Bonchev–Trinajstić information content (AvgIpc) is 2.79. The molecule has 1 fully saturated rings. The van der Waals surface area contributed by atoms with Crippen LogP contribution in [0.25, 0.3) is 11.1 Å². The van der Waals surface area contributed by atoms with Crippen LogP contribution in [0.2, 0.25) is 0 Å². The summed E-state index contributed by atoms with van der Waals surface area (Å²) in [7, 11) is 0. The number of hydrogen-bond acceptors (Lipinski definition) is 6. The molecule has 29 heavy (non-hydrogen) atoms. The van der Waals surface area contributed by atoms with Gasteiger partial charge < -0.3 is 14.4 Å². The number of amides is 1. The first-order chi connectivity index (χ1) is 14.2. The molecule has 1 aromatic carbocycles. The van der Waals surface area contributed by atoms with Crippen LogP contribution in [0, 0.1) is 5.82 Å². The van der Waals surface area contributed by atoms with Crippen LogP contribution >= 0.6 is 0 Å². The minimum absolute atomic E-state index is 0.112. The SMILES string of the molecule is O=C(COc1ccc(F)cc1)N1CCO[C@H](c2ccc(-c3cncnc3)cn2)C1. The zero-order chi connectivity index (χ0) is 20.1. The van der Waals surface area contributed by atoms with Crippen LogP contribution in [0.15, 0.2) is 61.3 Å². The van der Waals surface area contributed by atoms with E-state index in [1.165, 1.54) is 30.6 Å². The van der Waals surface area contributed by atoms with Crippen molar-refractivity contribution in [2.75, 3.05) is 26.3 Å². The van der Waals surface area contributed by atoms with Gasteiger partial charge in [0.15, 0.2) is 6.61 Å². The summed E-state index contributed by atoms with van der Waals surface area (Å²) in [4.78, 5) is 26.7. The van der Waals surface area contributed by atoms with E-state index in [1.54, 1.807) is 23.5 Å². The molecule has 0 bridgehead atoms. The van der Waals surface area contributed by atoms with Crippen LogP contribution in [0.5, 0.6) is 5.75 Å². The molecule has 0 radical (unpaired) electrons. The molecule has 1 saturated heterocycles. The van der Waals surface area contributed by atoms with Gasteiger partial charge in [0, 0.05) is 36.3 Å². The second kappa shape index (κ2) is 8.74. The summed E-state index contributed by atoms with van der Waals surface area (Å²) in [5.41, 5.74) is 2.54. The topological polar surface area (TPSA) is 77.4 Å². The summed E-state index contributed by atoms with van der Waals surface area (Å²) in [5.74, 6) is -0.0506. The number of pyridine rings is 1. The van der Waals surface area contributed by atoms with E-state index in [-0.39, 0.29) is 24.4 Å². The molecule has 0 unspecified atom stereocenters. The maximum atomic E-state index is 12.9. The molecule has 0 saturated carbocycles. The van der Waals surface area contributed by atoms with Gasteiger partial charge in [0.1, 0.15) is 24.0 Å². The second-order valence-electron chi connectivity index (χ2n) is 6.54. The quantitative estimate of drug-likeness (QED) is 0.662. The van der Waals surface area contributed by atoms with Gasteiger partial charge in [-0.2, -0.15) is 0 Å². The van der Waals surface area contributed by atoms with Crippen LogP contribution in [-0.4, -0.2) is 52.1 Å². The number of hydrogen-bond donors (Lipinski definition) is 0. The van der Waals surface area contributed by atoms with Crippen LogP contribution < -0.4 is 4.74 Å². The molecule has 8 heteroatoms. The van der Waals surface area contributed by atoms with Crippen LogP contribution in [0.4, 0.5) is 4.39 Å². The normalized spacial score (nSPS) is 16.4. The van der Waals surface area contributed by atoms with E-state index >= 15 is 0 Å². The fourth-order valence-electron chi connectivity index (χ4n) is 3.04. The van der Waals surface area contributed by atoms with E-state index in [0.717, 1.165) is 16.8 Å². The highest BCUT2D eigenvalue weighted by atomic mass is 19.1. The summed E-state index contributed by atoms with van der Waals surface area (Å²) < 4.78 is 24.2. The Hall–Kier alpha value is -3.39. The molecule has 1 aliphatic rings. The summed E-state index contributed by atoms with van der Waals surface area (Å²) in [6.45, 7) is 1.19. The molecule has 1 aliphatic heterocycles. The third kappa shape index (κ3) is 4.72. The molecular weight excluding hydrogens is 375 g/mol. The van der Waals surface area contributed by atoms with Gasteiger partial charge in [0.25, 0.3) is 5.91 Å². The molecule has 1 amide bonds. The van der Waals surface area contributed by atoms with Crippen molar-refractivity contribution in [1.82, 2.24) is 19.9 Å². The molecule has 4 rings (SSSR count). The largest absolute Gasteiger partial charge is 0.484 e. The zero-order valence-corrected chi connectivity index (χ0v) is 15.6. The maximum absolute atomic E-state index is 12.9. The van der Waals surface area contributed by atoms with E-state index in [0.29, 0.717) is 25.4 Å². The summed E-state index contributed by atoms with van der Waals surface area (Å²) in [6, 6.07) is 9.39. The summed E-state index contributed by atoms with van der Waals surface area (Å²) >= 11 is 0. The number of halogens is 1. The standard InChI is InChI=1S/C21H19FN4O3/c22-17-2-4-18(5-3-17)29-13-21(27)26-7-8-28-20(12-26)19-6-1-15(11-25-19)16-9-23-14-24-10-16/h1-6,9-11,14,20H,7-8,12-13H2/t20-/m0/s1. The first kappa shape index (κ1) is 18.9. The first-order valence-electron chi connectivity index (χ1n) is 9.18. The number of ether oxygens (including phenoxy) is 2. The van der Waals surface area contributed by atoms with Crippen molar-refractivity contribution in [1.29, 1.82) is 0 Å². The third-order valence-electron chi connectivity index (χ3n) is 4.61. The lowest BCUT2D eigenvalue weighted by molar-refractivity contribution is -0.141. The van der Waals surface area contributed by atoms with Gasteiger partial charge >= 0.3 is 0 Å². The minimum atomic E-state index is -0.349. The Kier molecular flexibility index (Phi) is 5.71. The first-order valence-corrected chi connectivity index (χ1v) is 9.18. The minimum Gasteiger partial charge on any atom is -0.484 e. The van der Waals surface area contributed by atoms with Gasteiger partial charge in [0.05, 0.1) is 18.8 Å². The summed E-state index contributed by atoms with van der Waals surface area (Å²) in [6.07, 6.45) is 6.37. The van der Waals surface area contributed by atoms with Gasteiger partial charge in [-0.05, 0) is 30.3 Å². The predicted molar refractivity (Wildman–Crippen MR) is 102 cm³/mol. The number of nitrogens with zero attached hydrogens (tertiary/aromatic N) is 4. The molecule has 0 spiro atoms. The Balaban J connectivity index is 1.36. The van der Waals surface area contributed by atoms with Crippen molar-refractivity contribution in [3.05, 3.63) is 72.8 Å². The number of morpholine rings is 1. The Morgan fingerprint density at radius 3 is 2.62 bits per heavy atom. The van der Waals surface area contributed by atoms with Crippen molar-refractivity contribution >= 4 is 5.91 Å². The zero-order valence-electron chi connectivity index (χ0n) is 15.6. The van der Waals surface area contributed by atoms with Crippen LogP contribution in [0.1, 0.15) is 11.8 Å². The van der Waals surface area contributed by atoms with E-state index in [4.69, 9.17) is 9.47 Å². The number of benzene rings is 1.